The number of rotatable bonds is 2. The van der Waals surface area contributed by atoms with Gasteiger partial charge >= 0.3 is 0 Å². The van der Waals surface area contributed by atoms with Crippen molar-refractivity contribution in [3.8, 4) is 0 Å². The van der Waals surface area contributed by atoms with Crippen molar-refractivity contribution in [1.29, 1.82) is 0 Å². The molecular weight excluding hydrogens is 212 g/mol. The molecule has 1 aromatic heterocycles. The second kappa shape index (κ2) is 4.39. The molecule has 17 heavy (non-hydrogen) atoms. The second-order valence-corrected chi connectivity index (χ2v) is 5.39. The Kier molecular flexibility index (Phi) is 2.89. The van der Waals surface area contributed by atoms with Crippen molar-refractivity contribution < 1.29 is 5.11 Å². The van der Waals surface area contributed by atoms with Crippen LogP contribution in [0.1, 0.15) is 37.7 Å². The highest BCUT2D eigenvalue weighted by molar-refractivity contribution is 5.19. The maximum atomic E-state index is 10.7. The van der Waals surface area contributed by atoms with E-state index in [1.165, 1.54) is 19.5 Å². The van der Waals surface area contributed by atoms with Crippen LogP contribution in [-0.4, -0.2) is 34.1 Å². The van der Waals surface area contributed by atoms with Crippen LogP contribution in [0.2, 0.25) is 0 Å². The molecule has 1 aliphatic carbocycles. The van der Waals surface area contributed by atoms with Gasteiger partial charge in [0.05, 0.1) is 5.60 Å². The number of aromatic nitrogens is 1. The molecule has 2 aliphatic rings. The van der Waals surface area contributed by atoms with Crippen molar-refractivity contribution in [3.63, 3.8) is 0 Å². The van der Waals surface area contributed by atoms with Crippen molar-refractivity contribution in [1.82, 2.24) is 9.88 Å². The first-order valence-electron chi connectivity index (χ1n) is 6.65. The fraction of sp³-hybridized carbons (Fsp3) is 0.643. The predicted octanol–water partition coefficient (Wildman–Crippen LogP) is 1.92. The molecule has 1 aromatic rings. The molecule has 0 spiro atoms. The van der Waals surface area contributed by atoms with E-state index in [1.54, 1.807) is 6.20 Å². The lowest BCUT2D eigenvalue weighted by Gasteiger charge is -2.44. The van der Waals surface area contributed by atoms with Gasteiger partial charge in [0.1, 0.15) is 0 Å². The highest BCUT2D eigenvalue weighted by atomic mass is 16.3. The van der Waals surface area contributed by atoms with E-state index in [0.717, 1.165) is 31.2 Å². The Bertz CT molecular complexity index is 367. The fourth-order valence-electron chi connectivity index (χ4n) is 3.08. The highest BCUT2D eigenvalue weighted by Crippen LogP contribution is 2.38. The molecule has 3 rings (SSSR count). The summed E-state index contributed by atoms with van der Waals surface area (Å²) in [6, 6.07) is 4.62. The summed E-state index contributed by atoms with van der Waals surface area (Å²) >= 11 is 0. The third-order valence-electron chi connectivity index (χ3n) is 4.39. The molecule has 92 valence electrons. The van der Waals surface area contributed by atoms with Crippen LogP contribution in [0.25, 0.3) is 0 Å². The van der Waals surface area contributed by atoms with Crippen molar-refractivity contribution >= 4 is 0 Å². The molecule has 1 saturated carbocycles. The molecule has 0 bridgehead atoms. The summed E-state index contributed by atoms with van der Waals surface area (Å²) in [5, 5.41) is 10.7. The first-order valence-corrected chi connectivity index (χ1v) is 6.65. The minimum Gasteiger partial charge on any atom is -0.385 e. The molecule has 1 saturated heterocycles. The van der Waals surface area contributed by atoms with E-state index in [0.29, 0.717) is 6.04 Å². The van der Waals surface area contributed by atoms with E-state index in [2.05, 4.69) is 9.88 Å². The summed E-state index contributed by atoms with van der Waals surface area (Å²) in [7, 11) is 0. The molecule has 3 heteroatoms. The van der Waals surface area contributed by atoms with Gasteiger partial charge in [-0.15, -0.1) is 0 Å². The molecule has 0 atom stereocenters. The maximum absolute atomic E-state index is 10.7. The third-order valence-corrected chi connectivity index (χ3v) is 4.39. The molecule has 0 aromatic carbocycles. The summed E-state index contributed by atoms with van der Waals surface area (Å²) in [5.41, 5.74) is 0.359. The summed E-state index contributed by atoms with van der Waals surface area (Å²) < 4.78 is 0. The van der Waals surface area contributed by atoms with Gasteiger partial charge in [0.25, 0.3) is 0 Å². The van der Waals surface area contributed by atoms with Gasteiger partial charge in [-0.3, -0.25) is 4.98 Å². The maximum Gasteiger partial charge on any atom is 0.0912 e. The molecule has 1 aliphatic heterocycles. The van der Waals surface area contributed by atoms with E-state index in [-0.39, 0.29) is 0 Å². The standard InChI is InChI=1S/C14H20N2O/c17-14(12-3-1-8-15-11-12)6-4-13(5-7-14)16-9-2-10-16/h1,3,8,11,13,17H,2,4-7,9-10H2. The number of likely N-dealkylation sites (tertiary alicyclic amines) is 1. The van der Waals surface area contributed by atoms with Crippen molar-refractivity contribution in [2.75, 3.05) is 13.1 Å². The molecule has 0 radical (unpaired) electrons. The zero-order valence-electron chi connectivity index (χ0n) is 10.2. The number of pyridine rings is 1. The minimum atomic E-state index is -0.629. The van der Waals surface area contributed by atoms with Gasteiger partial charge in [0, 0.05) is 24.0 Å². The van der Waals surface area contributed by atoms with Crippen molar-refractivity contribution in [2.45, 2.75) is 43.7 Å². The Morgan fingerprint density at radius 3 is 2.59 bits per heavy atom. The van der Waals surface area contributed by atoms with Crippen LogP contribution in [0.15, 0.2) is 24.5 Å². The van der Waals surface area contributed by atoms with Crippen molar-refractivity contribution in [2.24, 2.45) is 0 Å². The van der Waals surface area contributed by atoms with Gasteiger partial charge in [0.2, 0.25) is 0 Å². The number of hydrogen-bond acceptors (Lipinski definition) is 3. The van der Waals surface area contributed by atoms with Crippen molar-refractivity contribution in [3.05, 3.63) is 30.1 Å². The molecular formula is C14H20N2O. The van der Waals surface area contributed by atoms with Gasteiger partial charge in [-0.1, -0.05) is 6.07 Å². The average Bonchev–Trinajstić information content (AvgIpc) is 2.31. The van der Waals surface area contributed by atoms with Crippen LogP contribution in [-0.2, 0) is 5.60 Å². The molecule has 0 amide bonds. The number of hydrogen-bond donors (Lipinski definition) is 1. The van der Waals surface area contributed by atoms with Crippen LogP contribution in [0.3, 0.4) is 0 Å². The molecule has 2 fully saturated rings. The average molecular weight is 232 g/mol. The number of nitrogens with zero attached hydrogens (tertiary/aromatic N) is 2. The molecule has 1 N–H and O–H groups in total. The van der Waals surface area contributed by atoms with Gasteiger partial charge in [-0.05, 0) is 51.3 Å². The van der Waals surface area contributed by atoms with Crippen LogP contribution in [0.5, 0.6) is 0 Å². The molecule has 0 unspecified atom stereocenters. The van der Waals surface area contributed by atoms with Gasteiger partial charge < -0.3 is 10.0 Å². The zero-order valence-corrected chi connectivity index (χ0v) is 10.2. The van der Waals surface area contributed by atoms with Crippen LogP contribution in [0.4, 0.5) is 0 Å². The fourth-order valence-corrected chi connectivity index (χ4v) is 3.08. The monoisotopic (exact) mass is 232 g/mol. The lowest BCUT2D eigenvalue weighted by molar-refractivity contribution is -0.0346. The molecule has 3 nitrogen and oxygen atoms in total. The van der Waals surface area contributed by atoms with Crippen LogP contribution >= 0.6 is 0 Å². The summed E-state index contributed by atoms with van der Waals surface area (Å²) in [5.74, 6) is 0. The van der Waals surface area contributed by atoms with E-state index in [4.69, 9.17) is 0 Å². The van der Waals surface area contributed by atoms with Crippen LogP contribution in [0, 0.1) is 0 Å². The largest absolute Gasteiger partial charge is 0.385 e. The summed E-state index contributed by atoms with van der Waals surface area (Å²) in [6.45, 7) is 2.52. The normalized spacial score (nSPS) is 34.3. The Morgan fingerprint density at radius 1 is 1.29 bits per heavy atom. The Labute approximate surface area is 102 Å². The lowest BCUT2D eigenvalue weighted by atomic mass is 9.77. The smallest absolute Gasteiger partial charge is 0.0912 e. The number of aliphatic hydroxyl groups is 1. The molecule has 2 heterocycles. The Hall–Kier alpha value is -0.930. The summed E-state index contributed by atoms with van der Waals surface area (Å²) in [6.07, 6.45) is 8.91. The minimum absolute atomic E-state index is 0.629. The first-order chi connectivity index (χ1) is 8.28. The van der Waals surface area contributed by atoms with E-state index in [9.17, 15) is 5.11 Å². The third kappa shape index (κ3) is 2.09. The van der Waals surface area contributed by atoms with Crippen LogP contribution < -0.4 is 0 Å². The Balaban J connectivity index is 1.67. The highest BCUT2D eigenvalue weighted by Gasteiger charge is 2.37. The zero-order chi connectivity index (χ0) is 11.7. The SMILES string of the molecule is OC1(c2cccnc2)CCC(N2CCC2)CC1. The van der Waals surface area contributed by atoms with E-state index < -0.39 is 5.60 Å². The Morgan fingerprint density at radius 2 is 2.06 bits per heavy atom. The van der Waals surface area contributed by atoms with E-state index >= 15 is 0 Å². The van der Waals surface area contributed by atoms with E-state index in [1.807, 2.05) is 18.3 Å². The lowest BCUT2D eigenvalue weighted by Crippen LogP contribution is -2.48. The predicted molar refractivity (Wildman–Crippen MR) is 66.6 cm³/mol. The van der Waals surface area contributed by atoms with Gasteiger partial charge in [-0.2, -0.15) is 0 Å². The quantitative estimate of drug-likeness (QED) is 0.846. The van der Waals surface area contributed by atoms with Gasteiger partial charge in [0.15, 0.2) is 0 Å². The first kappa shape index (κ1) is 11.2. The van der Waals surface area contributed by atoms with Gasteiger partial charge in [-0.25, -0.2) is 0 Å². The summed E-state index contributed by atoms with van der Waals surface area (Å²) in [4.78, 5) is 6.67. The topological polar surface area (TPSA) is 36.4 Å². The second-order valence-electron chi connectivity index (χ2n) is 5.39.